The predicted molar refractivity (Wildman–Crippen MR) is 97.9 cm³/mol. The zero-order valence-electron chi connectivity index (χ0n) is 14.2. The summed E-state index contributed by atoms with van der Waals surface area (Å²) in [6.07, 6.45) is 0. The van der Waals surface area contributed by atoms with Crippen molar-refractivity contribution < 1.29 is 19.1 Å². The van der Waals surface area contributed by atoms with Gasteiger partial charge in [-0.1, -0.05) is 23.7 Å². The predicted octanol–water partition coefficient (Wildman–Crippen LogP) is 2.84. The van der Waals surface area contributed by atoms with E-state index in [9.17, 15) is 9.59 Å². The van der Waals surface area contributed by atoms with Crippen LogP contribution in [0, 0.1) is 0 Å². The Labute approximate surface area is 159 Å². The zero-order chi connectivity index (χ0) is 19.4. The monoisotopic (exact) mass is 386 g/mol. The lowest BCUT2D eigenvalue weighted by molar-refractivity contribution is 0.0728. The molecule has 9 heteroatoms. The minimum absolute atomic E-state index is 0.00161. The molecule has 27 heavy (non-hydrogen) atoms. The fraction of sp³-hybridized carbons (Fsp3) is 0.111. The number of carbonyl (C=O) groups excluding carboxylic acids is 2. The number of rotatable bonds is 6. The van der Waals surface area contributed by atoms with Crippen LogP contribution in [0.2, 0.25) is 5.02 Å². The molecule has 0 aliphatic heterocycles. The Kier molecular flexibility index (Phi) is 5.37. The Bertz CT molecular complexity index is 1000. The van der Waals surface area contributed by atoms with Gasteiger partial charge >= 0.3 is 5.97 Å². The van der Waals surface area contributed by atoms with E-state index in [-0.39, 0.29) is 27.7 Å². The van der Waals surface area contributed by atoms with E-state index in [1.165, 1.54) is 6.07 Å². The molecule has 0 unspecified atom stereocenters. The molecule has 3 aromatic rings. The molecule has 0 aliphatic carbocycles. The normalized spacial score (nSPS) is 10.4. The van der Waals surface area contributed by atoms with Crippen molar-refractivity contribution in [2.24, 2.45) is 5.73 Å². The van der Waals surface area contributed by atoms with Crippen molar-refractivity contribution in [2.75, 3.05) is 6.61 Å². The maximum atomic E-state index is 12.4. The summed E-state index contributed by atoms with van der Waals surface area (Å²) in [5.74, 6) is -0.831. The third-order valence-electron chi connectivity index (χ3n) is 3.59. The molecule has 0 saturated heterocycles. The summed E-state index contributed by atoms with van der Waals surface area (Å²) >= 11 is 6.03. The number of H-pyrrole nitrogens is 1. The van der Waals surface area contributed by atoms with Gasteiger partial charge in [0.25, 0.3) is 5.91 Å². The highest BCUT2D eigenvalue weighted by molar-refractivity contribution is 6.33. The molecule has 138 valence electrons. The van der Waals surface area contributed by atoms with Crippen LogP contribution >= 0.6 is 11.6 Å². The lowest BCUT2D eigenvalue weighted by atomic mass is 10.1. The van der Waals surface area contributed by atoms with Crippen LogP contribution in [0.1, 0.15) is 27.8 Å². The average Bonchev–Trinajstić information content (AvgIpc) is 3.14. The van der Waals surface area contributed by atoms with Gasteiger partial charge in [-0.3, -0.25) is 4.79 Å². The van der Waals surface area contributed by atoms with Crippen LogP contribution in [-0.4, -0.2) is 33.9 Å². The minimum Gasteiger partial charge on any atom is -0.490 e. The topological polar surface area (TPSA) is 120 Å². The van der Waals surface area contributed by atoms with Gasteiger partial charge in [-0.2, -0.15) is 15.4 Å². The van der Waals surface area contributed by atoms with Gasteiger partial charge in [-0.25, -0.2) is 4.79 Å². The van der Waals surface area contributed by atoms with E-state index in [0.29, 0.717) is 17.9 Å². The van der Waals surface area contributed by atoms with E-state index in [1.54, 1.807) is 43.3 Å². The fourth-order valence-electron chi connectivity index (χ4n) is 2.39. The SMILES string of the molecule is CCOc1cc(-c2n[nH]nc2C(N)=O)ccc1OC(=O)c1ccccc1Cl. The van der Waals surface area contributed by atoms with Gasteiger partial charge in [0, 0.05) is 5.56 Å². The molecule has 3 N–H and O–H groups in total. The highest BCUT2D eigenvalue weighted by Crippen LogP contribution is 2.33. The lowest BCUT2D eigenvalue weighted by Gasteiger charge is -2.12. The first kappa shape index (κ1) is 18.4. The molecule has 1 heterocycles. The van der Waals surface area contributed by atoms with Crippen molar-refractivity contribution in [3.8, 4) is 22.8 Å². The number of aromatic amines is 1. The molecule has 2 aromatic carbocycles. The van der Waals surface area contributed by atoms with Crippen LogP contribution in [0.3, 0.4) is 0 Å². The first-order chi connectivity index (χ1) is 13.0. The number of aromatic nitrogens is 3. The molecular weight excluding hydrogens is 372 g/mol. The third-order valence-corrected chi connectivity index (χ3v) is 3.92. The van der Waals surface area contributed by atoms with Gasteiger partial charge in [0.05, 0.1) is 17.2 Å². The van der Waals surface area contributed by atoms with Gasteiger partial charge in [0.1, 0.15) is 5.69 Å². The number of primary amides is 1. The Hall–Kier alpha value is -3.39. The number of amides is 1. The molecule has 3 rings (SSSR count). The van der Waals surface area contributed by atoms with E-state index in [4.69, 9.17) is 26.8 Å². The summed E-state index contributed by atoms with van der Waals surface area (Å²) in [5, 5.41) is 10.3. The molecule has 0 radical (unpaired) electrons. The smallest absolute Gasteiger partial charge is 0.345 e. The summed E-state index contributed by atoms with van der Waals surface area (Å²) in [6.45, 7) is 2.12. The number of nitrogens with one attached hydrogen (secondary N) is 1. The number of hydrogen-bond acceptors (Lipinski definition) is 6. The summed E-state index contributed by atoms with van der Waals surface area (Å²) in [7, 11) is 0. The van der Waals surface area contributed by atoms with Gasteiger partial charge in [-0.15, -0.1) is 0 Å². The first-order valence-electron chi connectivity index (χ1n) is 7.95. The van der Waals surface area contributed by atoms with Crippen molar-refractivity contribution in [3.63, 3.8) is 0 Å². The molecule has 0 spiro atoms. The Morgan fingerprint density at radius 3 is 2.63 bits per heavy atom. The number of esters is 1. The number of nitrogens with zero attached hydrogens (tertiary/aromatic N) is 2. The second-order valence-corrected chi connectivity index (χ2v) is 5.76. The fourth-order valence-corrected chi connectivity index (χ4v) is 2.61. The number of halogens is 1. The van der Waals surface area contributed by atoms with Crippen LogP contribution in [0.4, 0.5) is 0 Å². The van der Waals surface area contributed by atoms with E-state index < -0.39 is 11.9 Å². The Morgan fingerprint density at radius 2 is 1.93 bits per heavy atom. The number of ether oxygens (including phenoxy) is 2. The quantitative estimate of drug-likeness (QED) is 0.496. The van der Waals surface area contributed by atoms with E-state index in [2.05, 4.69) is 15.4 Å². The number of benzene rings is 2. The van der Waals surface area contributed by atoms with Crippen LogP contribution in [0.15, 0.2) is 42.5 Å². The molecule has 0 atom stereocenters. The van der Waals surface area contributed by atoms with E-state index >= 15 is 0 Å². The molecule has 1 aromatic heterocycles. The van der Waals surface area contributed by atoms with Crippen molar-refractivity contribution in [1.82, 2.24) is 15.4 Å². The highest BCUT2D eigenvalue weighted by Gasteiger charge is 2.19. The van der Waals surface area contributed by atoms with Crippen LogP contribution in [-0.2, 0) is 0 Å². The Morgan fingerprint density at radius 1 is 1.15 bits per heavy atom. The van der Waals surface area contributed by atoms with Gasteiger partial charge in [0.15, 0.2) is 17.2 Å². The summed E-state index contributed by atoms with van der Waals surface area (Å²) in [5.41, 5.74) is 6.32. The van der Waals surface area contributed by atoms with Crippen molar-refractivity contribution in [3.05, 3.63) is 58.7 Å². The van der Waals surface area contributed by atoms with Gasteiger partial charge in [-0.05, 0) is 37.3 Å². The van der Waals surface area contributed by atoms with E-state index in [0.717, 1.165) is 0 Å². The van der Waals surface area contributed by atoms with E-state index in [1.807, 2.05) is 0 Å². The van der Waals surface area contributed by atoms with Crippen molar-refractivity contribution >= 4 is 23.5 Å². The third kappa shape index (κ3) is 3.90. The molecule has 1 amide bonds. The van der Waals surface area contributed by atoms with Gasteiger partial charge < -0.3 is 15.2 Å². The standard InChI is InChI=1S/C18H15ClN4O4/c1-2-26-14-9-10(15-16(17(20)24)22-23-21-15)7-8-13(14)27-18(25)11-5-3-4-6-12(11)19/h3-9H,2H2,1H3,(H2,20,24)(H,21,22,23). The largest absolute Gasteiger partial charge is 0.490 e. The molecule has 0 aliphatic rings. The van der Waals surface area contributed by atoms with Gasteiger partial charge in [0.2, 0.25) is 0 Å². The zero-order valence-corrected chi connectivity index (χ0v) is 15.0. The summed E-state index contributed by atoms with van der Waals surface area (Å²) in [6, 6.07) is 11.3. The van der Waals surface area contributed by atoms with Crippen molar-refractivity contribution in [2.45, 2.75) is 6.92 Å². The highest BCUT2D eigenvalue weighted by atomic mass is 35.5. The average molecular weight is 387 g/mol. The first-order valence-corrected chi connectivity index (χ1v) is 8.33. The number of hydrogen-bond donors (Lipinski definition) is 2. The maximum absolute atomic E-state index is 12.4. The van der Waals surface area contributed by atoms with Crippen LogP contribution in [0.5, 0.6) is 11.5 Å². The number of nitrogens with two attached hydrogens (primary N) is 1. The van der Waals surface area contributed by atoms with Crippen LogP contribution < -0.4 is 15.2 Å². The maximum Gasteiger partial charge on any atom is 0.345 e. The molecule has 0 bridgehead atoms. The number of carbonyl (C=O) groups is 2. The molecule has 0 saturated carbocycles. The molecule has 0 fully saturated rings. The van der Waals surface area contributed by atoms with Crippen LogP contribution in [0.25, 0.3) is 11.3 Å². The Balaban J connectivity index is 1.95. The summed E-state index contributed by atoms with van der Waals surface area (Å²) < 4.78 is 11.0. The second-order valence-electron chi connectivity index (χ2n) is 5.35. The molecule has 8 nitrogen and oxygen atoms in total. The molecular formula is C18H15ClN4O4. The minimum atomic E-state index is -0.717. The summed E-state index contributed by atoms with van der Waals surface area (Å²) in [4.78, 5) is 23.9. The van der Waals surface area contributed by atoms with Crippen molar-refractivity contribution in [1.29, 1.82) is 0 Å². The second kappa shape index (κ2) is 7.88. The lowest BCUT2D eigenvalue weighted by Crippen LogP contribution is -2.13.